The minimum Gasteiger partial charge on any atom is -0.446 e. The summed E-state index contributed by atoms with van der Waals surface area (Å²) in [4.78, 5) is 13.6. The Morgan fingerprint density at radius 1 is 1.43 bits per heavy atom. The molecule has 0 aliphatic carbocycles. The molecule has 84 valence electrons. The Bertz CT molecular complexity index is 188. The van der Waals surface area contributed by atoms with E-state index in [1.165, 1.54) is 0 Å². The first kappa shape index (κ1) is 13.4. The Morgan fingerprint density at radius 2 is 1.93 bits per heavy atom. The number of rotatable bonds is 5. The van der Waals surface area contributed by atoms with Gasteiger partial charge < -0.3 is 4.74 Å². The number of hydrogen-bond acceptors (Lipinski definition) is 3. The van der Waals surface area contributed by atoms with Gasteiger partial charge in [0.1, 0.15) is 0 Å². The van der Waals surface area contributed by atoms with Gasteiger partial charge in [0.05, 0.1) is 5.41 Å². The smallest absolute Gasteiger partial charge is 0.313 e. The zero-order valence-electron chi connectivity index (χ0n) is 10.3. The fourth-order valence-electron chi connectivity index (χ4n) is 1.15. The molecule has 0 saturated heterocycles. The van der Waals surface area contributed by atoms with Crippen LogP contribution in [0.4, 0.5) is 0 Å². The van der Waals surface area contributed by atoms with E-state index in [4.69, 9.17) is 4.74 Å². The van der Waals surface area contributed by atoms with Gasteiger partial charge in [-0.3, -0.25) is 9.69 Å². The maximum absolute atomic E-state index is 11.7. The van der Waals surface area contributed by atoms with Crippen molar-refractivity contribution in [2.24, 2.45) is 5.41 Å². The van der Waals surface area contributed by atoms with Gasteiger partial charge in [0, 0.05) is 0 Å². The van der Waals surface area contributed by atoms with Crippen LogP contribution in [0.2, 0.25) is 0 Å². The van der Waals surface area contributed by atoms with Gasteiger partial charge in [-0.1, -0.05) is 13.3 Å². The number of carbonyl (C=O) groups excluding carboxylic acids is 1. The molecule has 0 aromatic carbocycles. The lowest BCUT2D eigenvalue weighted by atomic mass is 9.88. The summed E-state index contributed by atoms with van der Waals surface area (Å²) in [5, 5.41) is 0. The predicted octanol–water partition coefficient (Wildman–Crippen LogP) is 2.26. The van der Waals surface area contributed by atoms with Gasteiger partial charge >= 0.3 is 5.97 Å². The normalized spacial score (nSPS) is 14.2. The molecule has 0 aliphatic rings. The molecule has 0 radical (unpaired) electrons. The van der Waals surface area contributed by atoms with E-state index in [2.05, 4.69) is 6.92 Å². The van der Waals surface area contributed by atoms with Crippen molar-refractivity contribution in [3.05, 3.63) is 0 Å². The third kappa shape index (κ3) is 4.09. The van der Waals surface area contributed by atoms with E-state index in [1.54, 1.807) is 0 Å². The first-order chi connectivity index (χ1) is 6.31. The summed E-state index contributed by atoms with van der Waals surface area (Å²) >= 11 is 0. The first-order valence-corrected chi connectivity index (χ1v) is 5.18. The summed E-state index contributed by atoms with van der Waals surface area (Å²) < 4.78 is 5.32. The van der Waals surface area contributed by atoms with Gasteiger partial charge in [-0.25, -0.2) is 0 Å². The van der Waals surface area contributed by atoms with Crippen LogP contribution in [0.15, 0.2) is 0 Å². The minimum atomic E-state index is -0.362. The van der Waals surface area contributed by atoms with Crippen molar-refractivity contribution in [1.82, 2.24) is 4.90 Å². The molecule has 0 fully saturated rings. The van der Waals surface area contributed by atoms with Crippen LogP contribution in [-0.2, 0) is 9.53 Å². The number of carbonyl (C=O) groups is 1. The topological polar surface area (TPSA) is 29.5 Å². The Labute approximate surface area is 87.4 Å². The van der Waals surface area contributed by atoms with Crippen LogP contribution >= 0.6 is 0 Å². The van der Waals surface area contributed by atoms with Crippen LogP contribution in [-0.4, -0.2) is 31.2 Å². The zero-order chi connectivity index (χ0) is 11.4. The van der Waals surface area contributed by atoms with Crippen molar-refractivity contribution in [2.45, 2.75) is 46.8 Å². The molecule has 0 heterocycles. The predicted molar refractivity (Wildman–Crippen MR) is 57.9 cm³/mol. The number of hydrogen-bond donors (Lipinski definition) is 0. The summed E-state index contributed by atoms with van der Waals surface area (Å²) in [5.74, 6) is -0.111. The van der Waals surface area contributed by atoms with Crippen LogP contribution in [0.25, 0.3) is 0 Å². The van der Waals surface area contributed by atoms with E-state index < -0.39 is 0 Å². The average molecular weight is 201 g/mol. The monoisotopic (exact) mass is 201 g/mol. The number of esters is 1. The van der Waals surface area contributed by atoms with Crippen molar-refractivity contribution in [3.63, 3.8) is 0 Å². The van der Waals surface area contributed by atoms with Crippen LogP contribution < -0.4 is 0 Å². The van der Waals surface area contributed by atoms with E-state index in [9.17, 15) is 4.79 Å². The summed E-state index contributed by atoms with van der Waals surface area (Å²) in [6.07, 6.45) is 1.71. The lowest BCUT2D eigenvalue weighted by molar-refractivity contribution is -0.166. The maximum atomic E-state index is 11.7. The Balaban J connectivity index is 4.19. The van der Waals surface area contributed by atoms with E-state index in [1.807, 2.05) is 39.8 Å². The Kier molecular flexibility index (Phi) is 5.13. The fourth-order valence-corrected chi connectivity index (χ4v) is 1.15. The molecule has 14 heavy (non-hydrogen) atoms. The summed E-state index contributed by atoms with van der Waals surface area (Å²) in [6.45, 7) is 7.81. The molecular weight excluding hydrogens is 178 g/mol. The van der Waals surface area contributed by atoms with Crippen LogP contribution in [0, 0.1) is 5.41 Å². The Morgan fingerprint density at radius 3 is 2.29 bits per heavy atom. The second kappa shape index (κ2) is 5.35. The highest BCUT2D eigenvalue weighted by Crippen LogP contribution is 2.24. The summed E-state index contributed by atoms with van der Waals surface area (Å²) in [6, 6.07) is 0. The van der Waals surface area contributed by atoms with Gasteiger partial charge in [-0.15, -0.1) is 0 Å². The third-order valence-electron chi connectivity index (χ3n) is 2.43. The van der Waals surface area contributed by atoms with Crippen molar-refractivity contribution in [1.29, 1.82) is 0 Å². The molecule has 1 atom stereocenters. The molecule has 0 N–H and O–H groups in total. The molecule has 0 aliphatic heterocycles. The number of nitrogens with zero attached hydrogens (tertiary/aromatic N) is 1. The number of ether oxygens (including phenoxy) is 1. The second-order valence-electron chi connectivity index (χ2n) is 4.60. The molecule has 0 saturated carbocycles. The van der Waals surface area contributed by atoms with E-state index in [0.717, 1.165) is 12.8 Å². The summed E-state index contributed by atoms with van der Waals surface area (Å²) in [5.41, 5.74) is -0.362. The minimum absolute atomic E-state index is 0.111. The standard InChI is InChI=1S/C11H23NO2/c1-7-8-11(3,4)10(13)14-9(2)12(5)6/h9H,7-8H2,1-6H3. The molecule has 3 nitrogen and oxygen atoms in total. The van der Waals surface area contributed by atoms with E-state index in [0.29, 0.717) is 0 Å². The van der Waals surface area contributed by atoms with Crippen LogP contribution in [0.1, 0.15) is 40.5 Å². The van der Waals surface area contributed by atoms with Crippen LogP contribution in [0.3, 0.4) is 0 Å². The highest BCUT2D eigenvalue weighted by molar-refractivity contribution is 5.75. The fraction of sp³-hybridized carbons (Fsp3) is 0.909. The van der Waals surface area contributed by atoms with Gasteiger partial charge in [-0.05, 0) is 41.3 Å². The third-order valence-corrected chi connectivity index (χ3v) is 2.43. The SMILES string of the molecule is CCCC(C)(C)C(=O)OC(C)N(C)C. The molecule has 0 bridgehead atoms. The van der Waals surface area contributed by atoms with Gasteiger partial charge in [-0.2, -0.15) is 0 Å². The quantitative estimate of drug-likeness (QED) is 0.505. The van der Waals surface area contributed by atoms with Crippen molar-refractivity contribution in [3.8, 4) is 0 Å². The summed E-state index contributed by atoms with van der Waals surface area (Å²) in [7, 11) is 3.79. The Hall–Kier alpha value is -0.570. The lowest BCUT2D eigenvalue weighted by Crippen LogP contribution is -2.35. The molecule has 3 heteroatoms. The second-order valence-corrected chi connectivity index (χ2v) is 4.60. The molecule has 0 aromatic rings. The zero-order valence-corrected chi connectivity index (χ0v) is 10.3. The molecule has 0 rings (SSSR count). The van der Waals surface area contributed by atoms with Crippen molar-refractivity contribution in [2.75, 3.05) is 14.1 Å². The first-order valence-electron chi connectivity index (χ1n) is 5.18. The lowest BCUT2D eigenvalue weighted by Gasteiger charge is -2.27. The average Bonchev–Trinajstić information content (AvgIpc) is 2.03. The maximum Gasteiger partial charge on any atom is 0.313 e. The van der Waals surface area contributed by atoms with Gasteiger partial charge in [0.15, 0.2) is 6.23 Å². The molecule has 0 spiro atoms. The van der Waals surface area contributed by atoms with Crippen molar-refractivity contribution >= 4 is 5.97 Å². The molecule has 1 unspecified atom stereocenters. The van der Waals surface area contributed by atoms with E-state index >= 15 is 0 Å². The molecule has 0 amide bonds. The van der Waals surface area contributed by atoms with Gasteiger partial charge in [0.2, 0.25) is 0 Å². The molecular formula is C11H23NO2. The molecule has 0 aromatic heterocycles. The van der Waals surface area contributed by atoms with Gasteiger partial charge in [0.25, 0.3) is 0 Å². The van der Waals surface area contributed by atoms with Crippen LogP contribution in [0.5, 0.6) is 0 Å². The van der Waals surface area contributed by atoms with E-state index in [-0.39, 0.29) is 17.6 Å². The highest BCUT2D eigenvalue weighted by atomic mass is 16.6. The highest BCUT2D eigenvalue weighted by Gasteiger charge is 2.29. The van der Waals surface area contributed by atoms with Crippen molar-refractivity contribution < 1.29 is 9.53 Å². The largest absolute Gasteiger partial charge is 0.446 e.